The summed E-state index contributed by atoms with van der Waals surface area (Å²) < 4.78 is 0. The summed E-state index contributed by atoms with van der Waals surface area (Å²) in [5.41, 5.74) is 0.146. The maximum absolute atomic E-state index is 10.7. The van der Waals surface area contributed by atoms with E-state index in [1.54, 1.807) is 5.38 Å². The first-order valence-corrected chi connectivity index (χ1v) is 6.71. The molecule has 1 aromatic heterocycles. The maximum Gasteiger partial charge on any atom is 0.355 e. The number of hydrogen-bond donors (Lipinski definition) is 1. The van der Waals surface area contributed by atoms with Crippen molar-refractivity contribution in [2.24, 2.45) is 0 Å². The van der Waals surface area contributed by atoms with Gasteiger partial charge < -0.3 is 10.0 Å². The number of nitrogens with zero attached hydrogens (tertiary/aromatic N) is 2. The van der Waals surface area contributed by atoms with E-state index in [1.807, 2.05) is 18.8 Å². The van der Waals surface area contributed by atoms with E-state index in [-0.39, 0.29) is 5.69 Å². The summed E-state index contributed by atoms with van der Waals surface area (Å²) in [6.45, 7) is 0. The molecule has 1 atom stereocenters. The molecule has 4 nitrogen and oxygen atoms in total. The van der Waals surface area contributed by atoms with E-state index in [1.165, 1.54) is 17.1 Å². The first kappa shape index (κ1) is 10.8. The molecule has 1 unspecified atom stereocenters. The topological polar surface area (TPSA) is 53.4 Å². The van der Waals surface area contributed by atoms with Crippen LogP contribution < -0.4 is 4.90 Å². The molecule has 0 bridgehead atoms. The summed E-state index contributed by atoms with van der Waals surface area (Å²) in [5.74, 6) is 1.34. The number of hydrogen-bond acceptors (Lipinski definition) is 5. The zero-order chi connectivity index (χ0) is 10.8. The summed E-state index contributed by atoms with van der Waals surface area (Å²) in [4.78, 5) is 16.9. The summed E-state index contributed by atoms with van der Waals surface area (Å²) in [6.07, 6.45) is 1.16. The monoisotopic (exact) mass is 244 g/mol. The van der Waals surface area contributed by atoms with Crippen LogP contribution in [-0.4, -0.2) is 40.7 Å². The lowest BCUT2D eigenvalue weighted by molar-refractivity contribution is 0.0691. The fourth-order valence-electron chi connectivity index (χ4n) is 1.51. The Hall–Kier alpha value is -0.750. The molecule has 0 spiro atoms. The van der Waals surface area contributed by atoms with Gasteiger partial charge in [0.05, 0.1) is 0 Å². The Kier molecular flexibility index (Phi) is 3.16. The minimum absolute atomic E-state index is 0.146. The summed E-state index contributed by atoms with van der Waals surface area (Å²) in [7, 11) is 1.99. The molecule has 0 amide bonds. The number of carboxylic acids is 1. The number of thiazole rings is 1. The van der Waals surface area contributed by atoms with E-state index in [9.17, 15) is 4.79 Å². The van der Waals surface area contributed by atoms with E-state index < -0.39 is 5.97 Å². The predicted molar refractivity (Wildman–Crippen MR) is 63.2 cm³/mol. The van der Waals surface area contributed by atoms with Crippen LogP contribution in [0.4, 0.5) is 5.13 Å². The standard InChI is InChI=1S/C9H12N2O2S2/c1-11(6-2-3-14-4-6)9-10-7(5-15-9)8(12)13/h5-6H,2-4H2,1H3,(H,12,13). The molecular weight excluding hydrogens is 232 g/mol. The van der Waals surface area contributed by atoms with Crippen molar-refractivity contribution in [1.82, 2.24) is 4.98 Å². The number of carboxylic acid groups (broad SMARTS) is 1. The predicted octanol–water partition coefficient (Wildman–Crippen LogP) is 1.78. The van der Waals surface area contributed by atoms with Crippen molar-refractivity contribution in [1.29, 1.82) is 0 Å². The molecule has 1 N–H and O–H groups in total. The van der Waals surface area contributed by atoms with Gasteiger partial charge in [0, 0.05) is 24.2 Å². The molecule has 0 saturated carbocycles. The maximum atomic E-state index is 10.7. The van der Waals surface area contributed by atoms with Gasteiger partial charge in [-0.1, -0.05) is 0 Å². The van der Waals surface area contributed by atoms with Gasteiger partial charge >= 0.3 is 5.97 Å². The lowest BCUT2D eigenvalue weighted by Crippen LogP contribution is -2.31. The van der Waals surface area contributed by atoms with Gasteiger partial charge in [0.1, 0.15) is 0 Å². The third-order valence-corrected chi connectivity index (χ3v) is 4.54. The molecule has 6 heteroatoms. The van der Waals surface area contributed by atoms with Crippen LogP contribution in [0.5, 0.6) is 0 Å². The molecule has 1 aromatic rings. The SMILES string of the molecule is CN(c1nc(C(=O)O)cs1)C1CCSC1. The Morgan fingerprint density at radius 1 is 1.73 bits per heavy atom. The Labute approximate surface area is 96.3 Å². The van der Waals surface area contributed by atoms with Crippen molar-refractivity contribution in [3.63, 3.8) is 0 Å². The number of aromatic carboxylic acids is 1. The van der Waals surface area contributed by atoms with E-state index in [4.69, 9.17) is 5.11 Å². The number of anilines is 1. The summed E-state index contributed by atoms with van der Waals surface area (Å²) in [5, 5.41) is 11.2. The molecule has 1 aliphatic rings. The summed E-state index contributed by atoms with van der Waals surface area (Å²) in [6, 6.07) is 0.503. The third-order valence-electron chi connectivity index (χ3n) is 2.47. The highest BCUT2D eigenvalue weighted by molar-refractivity contribution is 7.99. The van der Waals surface area contributed by atoms with Crippen LogP contribution in [0.1, 0.15) is 16.9 Å². The van der Waals surface area contributed by atoms with Crippen molar-refractivity contribution >= 4 is 34.2 Å². The van der Waals surface area contributed by atoms with Crippen molar-refractivity contribution in [2.75, 3.05) is 23.5 Å². The molecule has 0 aliphatic carbocycles. The highest BCUT2D eigenvalue weighted by Crippen LogP contribution is 2.27. The van der Waals surface area contributed by atoms with E-state index >= 15 is 0 Å². The van der Waals surface area contributed by atoms with Gasteiger partial charge in [-0.05, 0) is 12.2 Å². The zero-order valence-corrected chi connectivity index (χ0v) is 9.98. The van der Waals surface area contributed by atoms with Gasteiger partial charge in [0.15, 0.2) is 10.8 Å². The molecule has 1 saturated heterocycles. The molecular formula is C9H12N2O2S2. The number of aromatic nitrogens is 1. The van der Waals surface area contributed by atoms with Crippen LogP contribution in [-0.2, 0) is 0 Å². The second-order valence-corrected chi connectivity index (χ2v) is 5.44. The zero-order valence-electron chi connectivity index (χ0n) is 8.34. The molecule has 0 radical (unpaired) electrons. The molecule has 82 valence electrons. The minimum atomic E-state index is -0.952. The van der Waals surface area contributed by atoms with Crippen molar-refractivity contribution in [2.45, 2.75) is 12.5 Å². The highest BCUT2D eigenvalue weighted by Gasteiger charge is 2.22. The summed E-state index contributed by atoms with van der Waals surface area (Å²) >= 11 is 3.33. The van der Waals surface area contributed by atoms with Gasteiger partial charge in [-0.15, -0.1) is 11.3 Å². The van der Waals surface area contributed by atoms with Gasteiger partial charge in [-0.2, -0.15) is 11.8 Å². The van der Waals surface area contributed by atoms with E-state index in [0.717, 1.165) is 17.3 Å². The average Bonchev–Trinajstić information content (AvgIpc) is 2.88. The Bertz CT molecular complexity index is 361. The smallest absolute Gasteiger partial charge is 0.355 e. The van der Waals surface area contributed by atoms with Crippen LogP contribution in [0.3, 0.4) is 0 Å². The number of carbonyl (C=O) groups is 1. The van der Waals surface area contributed by atoms with Gasteiger partial charge in [-0.3, -0.25) is 0 Å². The van der Waals surface area contributed by atoms with Gasteiger partial charge in [-0.25, -0.2) is 9.78 Å². The normalized spacial score (nSPS) is 20.5. The number of thioether (sulfide) groups is 1. The molecule has 2 rings (SSSR count). The Morgan fingerprint density at radius 2 is 2.53 bits per heavy atom. The average molecular weight is 244 g/mol. The minimum Gasteiger partial charge on any atom is -0.476 e. The van der Waals surface area contributed by atoms with Crippen LogP contribution in [0, 0.1) is 0 Å². The first-order chi connectivity index (χ1) is 7.18. The second kappa shape index (κ2) is 4.40. The van der Waals surface area contributed by atoms with Crippen LogP contribution in [0.25, 0.3) is 0 Å². The molecule has 0 aromatic carbocycles. The van der Waals surface area contributed by atoms with Crippen molar-refractivity contribution in [3.8, 4) is 0 Å². The fourth-order valence-corrected chi connectivity index (χ4v) is 3.61. The quantitative estimate of drug-likeness (QED) is 0.878. The van der Waals surface area contributed by atoms with Gasteiger partial charge in [0.2, 0.25) is 0 Å². The molecule has 15 heavy (non-hydrogen) atoms. The Morgan fingerprint density at radius 3 is 3.07 bits per heavy atom. The largest absolute Gasteiger partial charge is 0.476 e. The lowest BCUT2D eigenvalue weighted by Gasteiger charge is -2.22. The highest BCUT2D eigenvalue weighted by atomic mass is 32.2. The molecule has 1 aliphatic heterocycles. The van der Waals surface area contributed by atoms with Crippen LogP contribution in [0.2, 0.25) is 0 Å². The first-order valence-electron chi connectivity index (χ1n) is 4.68. The second-order valence-electron chi connectivity index (χ2n) is 3.45. The lowest BCUT2D eigenvalue weighted by atomic mass is 10.2. The third kappa shape index (κ3) is 2.26. The van der Waals surface area contributed by atoms with E-state index in [2.05, 4.69) is 9.88 Å². The molecule has 1 fully saturated rings. The number of rotatable bonds is 3. The molecule has 2 heterocycles. The Balaban J connectivity index is 2.10. The van der Waals surface area contributed by atoms with Crippen LogP contribution in [0.15, 0.2) is 5.38 Å². The van der Waals surface area contributed by atoms with E-state index in [0.29, 0.717) is 6.04 Å². The van der Waals surface area contributed by atoms with Crippen LogP contribution >= 0.6 is 23.1 Å². The fraction of sp³-hybridized carbons (Fsp3) is 0.556. The van der Waals surface area contributed by atoms with Gasteiger partial charge in [0.25, 0.3) is 0 Å². The van der Waals surface area contributed by atoms with Crippen molar-refractivity contribution < 1.29 is 9.90 Å². The van der Waals surface area contributed by atoms with Crippen molar-refractivity contribution in [3.05, 3.63) is 11.1 Å².